The molecule has 7 heteroatoms. The molecule has 0 saturated carbocycles. The van der Waals surface area contributed by atoms with Gasteiger partial charge in [-0.2, -0.15) is 0 Å². The summed E-state index contributed by atoms with van der Waals surface area (Å²) < 4.78 is 8.42. The van der Waals surface area contributed by atoms with Crippen LogP contribution in [0.2, 0.25) is 0 Å². The highest BCUT2D eigenvalue weighted by Crippen LogP contribution is 2.30. The molecule has 1 aromatic heterocycles. The third-order valence-corrected chi connectivity index (χ3v) is 6.53. The average Bonchev–Trinajstić information content (AvgIpc) is 3.02. The number of benzene rings is 2. The first-order chi connectivity index (χ1) is 14.9. The van der Waals surface area contributed by atoms with Crippen molar-refractivity contribution in [3.63, 3.8) is 0 Å². The van der Waals surface area contributed by atoms with E-state index in [2.05, 4.69) is 20.9 Å². The molecule has 5 nitrogen and oxygen atoms in total. The Labute approximate surface area is 192 Å². The Bertz CT molecular complexity index is 1370. The zero-order chi connectivity index (χ0) is 22.1. The second kappa shape index (κ2) is 8.77. The summed E-state index contributed by atoms with van der Waals surface area (Å²) in [4.78, 5) is 31.5. The number of aryl methyl sites for hydroxylation is 1. The number of rotatable bonds is 4. The van der Waals surface area contributed by atoms with Gasteiger partial charge in [0.05, 0.1) is 28.5 Å². The lowest BCUT2D eigenvalue weighted by atomic mass is 9.95. The van der Waals surface area contributed by atoms with Crippen LogP contribution in [0.15, 0.2) is 74.1 Å². The van der Waals surface area contributed by atoms with Crippen molar-refractivity contribution < 1.29 is 9.53 Å². The quantitative estimate of drug-likeness (QED) is 0.515. The predicted octanol–water partition coefficient (Wildman–Crippen LogP) is 3.87. The Morgan fingerprint density at radius 1 is 1.23 bits per heavy atom. The largest absolute Gasteiger partial charge is 0.463 e. The monoisotopic (exact) mass is 496 g/mol. The van der Waals surface area contributed by atoms with Crippen LogP contribution in [0.4, 0.5) is 0 Å². The van der Waals surface area contributed by atoms with Gasteiger partial charge in [-0.15, -0.1) is 0 Å². The van der Waals surface area contributed by atoms with Crippen LogP contribution in [0.25, 0.3) is 6.08 Å². The average molecular weight is 497 g/mol. The van der Waals surface area contributed by atoms with Crippen LogP contribution in [-0.2, 0) is 9.53 Å². The molecule has 0 radical (unpaired) electrons. The summed E-state index contributed by atoms with van der Waals surface area (Å²) in [5.41, 5.74) is 3.64. The molecule has 4 rings (SSSR count). The van der Waals surface area contributed by atoms with Crippen LogP contribution < -0.4 is 14.9 Å². The van der Waals surface area contributed by atoms with Crippen molar-refractivity contribution in [3.8, 4) is 0 Å². The molecular weight excluding hydrogens is 476 g/mol. The van der Waals surface area contributed by atoms with Crippen molar-refractivity contribution in [1.29, 1.82) is 0 Å². The molecule has 0 aliphatic carbocycles. The summed E-state index contributed by atoms with van der Waals surface area (Å²) in [5.74, 6) is -0.449. The van der Waals surface area contributed by atoms with Crippen molar-refractivity contribution in [2.45, 2.75) is 26.8 Å². The highest BCUT2D eigenvalue weighted by molar-refractivity contribution is 9.10. The summed E-state index contributed by atoms with van der Waals surface area (Å²) >= 11 is 4.79. The second-order valence-corrected chi connectivity index (χ2v) is 9.19. The maximum atomic E-state index is 13.5. The molecule has 2 heterocycles. The van der Waals surface area contributed by atoms with Gasteiger partial charge >= 0.3 is 5.97 Å². The zero-order valence-corrected chi connectivity index (χ0v) is 19.8. The number of nitrogens with zero attached hydrogens (tertiary/aromatic N) is 2. The minimum Gasteiger partial charge on any atom is -0.463 e. The molecule has 1 aliphatic rings. The van der Waals surface area contributed by atoms with Gasteiger partial charge in [-0.1, -0.05) is 69.2 Å². The van der Waals surface area contributed by atoms with Crippen LogP contribution in [0, 0.1) is 6.92 Å². The molecule has 0 fully saturated rings. The SMILES string of the molecule is CCOC(=O)C1=C(C)N=c2sc(=Cc3cccc(Br)c3)c(=O)n2C1c1ccc(C)cc1. The van der Waals surface area contributed by atoms with E-state index in [0.29, 0.717) is 20.6 Å². The number of carbonyl (C=O) groups is 1. The fraction of sp³-hybridized carbons (Fsp3) is 0.208. The summed E-state index contributed by atoms with van der Waals surface area (Å²) in [6.45, 7) is 5.81. The van der Waals surface area contributed by atoms with E-state index < -0.39 is 12.0 Å². The molecule has 2 aromatic carbocycles. The molecule has 0 amide bonds. The van der Waals surface area contributed by atoms with Gasteiger partial charge < -0.3 is 4.74 Å². The molecule has 31 heavy (non-hydrogen) atoms. The Hall–Kier alpha value is -2.77. The van der Waals surface area contributed by atoms with E-state index in [1.54, 1.807) is 18.4 Å². The van der Waals surface area contributed by atoms with Gasteiger partial charge in [-0.25, -0.2) is 9.79 Å². The van der Waals surface area contributed by atoms with Crippen LogP contribution in [0.5, 0.6) is 0 Å². The van der Waals surface area contributed by atoms with Gasteiger partial charge in [0, 0.05) is 4.47 Å². The standard InChI is InChI=1S/C24H21BrN2O3S/c1-4-30-23(29)20-15(3)26-24-27(21(20)17-10-8-14(2)9-11-17)22(28)19(31-24)13-16-6-5-7-18(25)12-16/h5-13,21H,4H2,1-3H3. The highest BCUT2D eigenvalue weighted by atomic mass is 79.9. The van der Waals surface area contributed by atoms with Gasteiger partial charge in [-0.3, -0.25) is 9.36 Å². The highest BCUT2D eigenvalue weighted by Gasteiger charge is 2.33. The summed E-state index contributed by atoms with van der Waals surface area (Å²) in [6.07, 6.45) is 1.85. The summed E-state index contributed by atoms with van der Waals surface area (Å²) in [7, 11) is 0. The number of fused-ring (bicyclic) bond motifs is 1. The molecule has 1 unspecified atom stereocenters. The first-order valence-electron chi connectivity index (χ1n) is 9.91. The van der Waals surface area contributed by atoms with E-state index in [0.717, 1.165) is 21.2 Å². The lowest BCUT2D eigenvalue weighted by molar-refractivity contribution is -0.139. The number of hydrogen-bond donors (Lipinski definition) is 0. The number of ether oxygens (including phenoxy) is 1. The maximum Gasteiger partial charge on any atom is 0.338 e. The number of carbonyl (C=O) groups excluding carboxylic acids is 1. The van der Waals surface area contributed by atoms with Crippen molar-refractivity contribution in [3.05, 3.63) is 101 Å². The Balaban J connectivity index is 1.96. The second-order valence-electron chi connectivity index (χ2n) is 7.27. The molecule has 0 saturated heterocycles. The number of esters is 1. The lowest BCUT2D eigenvalue weighted by Gasteiger charge is -2.24. The Morgan fingerprint density at radius 3 is 2.65 bits per heavy atom. The van der Waals surface area contributed by atoms with Crippen LogP contribution in [-0.4, -0.2) is 17.1 Å². The minimum atomic E-state index is -0.583. The molecular formula is C24H21BrN2O3S. The van der Waals surface area contributed by atoms with Crippen molar-refractivity contribution in [1.82, 2.24) is 4.57 Å². The molecule has 0 bridgehead atoms. The van der Waals surface area contributed by atoms with Gasteiger partial charge in [0.15, 0.2) is 4.80 Å². The molecule has 158 valence electrons. The number of hydrogen-bond acceptors (Lipinski definition) is 5. The van der Waals surface area contributed by atoms with E-state index in [1.165, 1.54) is 11.3 Å². The van der Waals surface area contributed by atoms with E-state index in [1.807, 2.05) is 61.5 Å². The van der Waals surface area contributed by atoms with Crippen LogP contribution >= 0.6 is 27.3 Å². The van der Waals surface area contributed by atoms with Crippen molar-refractivity contribution in [2.75, 3.05) is 6.61 Å². The summed E-state index contributed by atoms with van der Waals surface area (Å²) in [6, 6.07) is 15.0. The molecule has 1 aliphatic heterocycles. The molecule has 0 spiro atoms. The zero-order valence-electron chi connectivity index (χ0n) is 17.4. The smallest absolute Gasteiger partial charge is 0.338 e. The number of allylic oxidation sites excluding steroid dienone is 1. The van der Waals surface area contributed by atoms with Crippen LogP contribution in [0.3, 0.4) is 0 Å². The van der Waals surface area contributed by atoms with Crippen LogP contribution in [0.1, 0.15) is 36.6 Å². The number of halogens is 1. The predicted molar refractivity (Wildman–Crippen MR) is 126 cm³/mol. The van der Waals surface area contributed by atoms with E-state index in [9.17, 15) is 9.59 Å². The molecule has 3 aromatic rings. The third kappa shape index (κ3) is 4.20. The third-order valence-electron chi connectivity index (χ3n) is 5.06. The van der Waals surface area contributed by atoms with Gasteiger partial charge in [0.2, 0.25) is 0 Å². The first kappa shape index (κ1) is 21.5. The number of thiazole rings is 1. The molecule has 0 N–H and O–H groups in total. The Kier molecular flexibility index (Phi) is 6.07. The van der Waals surface area contributed by atoms with Gasteiger partial charge in [-0.05, 0) is 50.1 Å². The van der Waals surface area contributed by atoms with Gasteiger partial charge in [0.1, 0.15) is 0 Å². The Morgan fingerprint density at radius 2 is 1.97 bits per heavy atom. The van der Waals surface area contributed by atoms with Gasteiger partial charge in [0.25, 0.3) is 5.56 Å². The normalized spacial score (nSPS) is 16.1. The minimum absolute atomic E-state index is 0.177. The topological polar surface area (TPSA) is 60.7 Å². The fourth-order valence-electron chi connectivity index (χ4n) is 3.60. The fourth-order valence-corrected chi connectivity index (χ4v) is 5.07. The maximum absolute atomic E-state index is 13.5. The van der Waals surface area contributed by atoms with E-state index >= 15 is 0 Å². The van der Waals surface area contributed by atoms with Crippen molar-refractivity contribution >= 4 is 39.3 Å². The number of aromatic nitrogens is 1. The summed E-state index contributed by atoms with van der Waals surface area (Å²) in [5, 5.41) is 0. The molecule has 1 atom stereocenters. The lowest BCUT2D eigenvalue weighted by Crippen LogP contribution is -2.39. The first-order valence-corrected chi connectivity index (χ1v) is 11.5. The van der Waals surface area contributed by atoms with E-state index in [-0.39, 0.29) is 12.2 Å². The van der Waals surface area contributed by atoms with Crippen molar-refractivity contribution in [2.24, 2.45) is 4.99 Å². The van der Waals surface area contributed by atoms with E-state index in [4.69, 9.17) is 4.74 Å².